The second-order valence-electron chi connectivity index (χ2n) is 9.04. The minimum atomic E-state index is 0.305. The molecule has 5 nitrogen and oxygen atoms in total. The van der Waals surface area contributed by atoms with Crippen LogP contribution in [0.2, 0.25) is 0 Å². The van der Waals surface area contributed by atoms with Crippen LogP contribution in [0.1, 0.15) is 43.9 Å². The maximum atomic E-state index is 5.69. The molecule has 0 amide bonds. The van der Waals surface area contributed by atoms with E-state index in [1.54, 1.807) is 21.3 Å². The van der Waals surface area contributed by atoms with Gasteiger partial charge in [-0.15, -0.1) is 0 Å². The number of fused-ring (bicyclic) bond motifs is 7. The summed E-state index contributed by atoms with van der Waals surface area (Å²) in [5, 5.41) is 8.86. The number of nitrogens with one attached hydrogen (secondary N) is 1. The van der Waals surface area contributed by atoms with Crippen molar-refractivity contribution < 1.29 is 14.2 Å². The Morgan fingerprint density at radius 1 is 0.903 bits per heavy atom. The minimum absolute atomic E-state index is 0.305. The van der Waals surface area contributed by atoms with Gasteiger partial charge in [-0.2, -0.15) is 0 Å². The third-order valence-corrected chi connectivity index (χ3v) is 6.97. The molecule has 3 aromatic carbocycles. The van der Waals surface area contributed by atoms with Crippen molar-refractivity contribution in [1.82, 2.24) is 10.2 Å². The summed E-state index contributed by atoms with van der Waals surface area (Å²) in [6, 6.07) is 12.0. The molecule has 2 atom stereocenters. The summed E-state index contributed by atoms with van der Waals surface area (Å²) in [6.07, 6.45) is 2.50. The zero-order chi connectivity index (χ0) is 21.7. The van der Waals surface area contributed by atoms with Gasteiger partial charge in [-0.3, -0.25) is 4.90 Å². The van der Waals surface area contributed by atoms with Crippen LogP contribution in [-0.4, -0.2) is 44.9 Å². The van der Waals surface area contributed by atoms with Crippen molar-refractivity contribution in [3.05, 3.63) is 41.5 Å². The van der Waals surface area contributed by atoms with Crippen LogP contribution in [0.3, 0.4) is 0 Å². The SMILES string of the molecule is COc1ccc2c3c(c4cc(OC)c(OC)cc4c2c1)CN1CCC[C@H]1[C@@H]3NC(C)C. The summed E-state index contributed by atoms with van der Waals surface area (Å²) in [5.41, 5.74) is 2.85. The fourth-order valence-electron chi connectivity index (χ4n) is 5.67. The molecule has 0 saturated carbocycles. The molecular formula is C26H32N2O3. The van der Waals surface area contributed by atoms with Crippen LogP contribution in [0.15, 0.2) is 30.3 Å². The third-order valence-electron chi connectivity index (χ3n) is 6.97. The van der Waals surface area contributed by atoms with E-state index < -0.39 is 0 Å². The molecule has 1 saturated heterocycles. The Morgan fingerprint density at radius 3 is 2.29 bits per heavy atom. The molecule has 2 aliphatic heterocycles. The van der Waals surface area contributed by atoms with E-state index in [1.165, 1.54) is 45.5 Å². The van der Waals surface area contributed by atoms with Crippen molar-refractivity contribution in [2.75, 3.05) is 27.9 Å². The molecule has 0 unspecified atom stereocenters. The normalized spacial score (nSPS) is 20.8. The Balaban J connectivity index is 1.89. The summed E-state index contributed by atoms with van der Waals surface area (Å²) in [4.78, 5) is 2.66. The average molecular weight is 421 g/mol. The van der Waals surface area contributed by atoms with Crippen LogP contribution in [0.5, 0.6) is 17.2 Å². The fourth-order valence-corrected chi connectivity index (χ4v) is 5.67. The van der Waals surface area contributed by atoms with Crippen LogP contribution in [0.25, 0.3) is 21.5 Å². The van der Waals surface area contributed by atoms with E-state index in [0.29, 0.717) is 18.1 Å². The van der Waals surface area contributed by atoms with Crippen LogP contribution >= 0.6 is 0 Å². The molecule has 0 aliphatic carbocycles. The number of benzene rings is 3. The highest BCUT2D eigenvalue weighted by molar-refractivity contribution is 6.12. The Morgan fingerprint density at radius 2 is 1.61 bits per heavy atom. The molecule has 0 spiro atoms. The lowest BCUT2D eigenvalue weighted by atomic mass is 9.81. The van der Waals surface area contributed by atoms with Gasteiger partial charge in [0.1, 0.15) is 5.75 Å². The van der Waals surface area contributed by atoms with E-state index in [4.69, 9.17) is 14.2 Å². The number of rotatable bonds is 5. The zero-order valence-electron chi connectivity index (χ0n) is 19.1. The van der Waals surface area contributed by atoms with Gasteiger partial charge in [0, 0.05) is 24.7 Å². The van der Waals surface area contributed by atoms with Gasteiger partial charge in [-0.25, -0.2) is 0 Å². The van der Waals surface area contributed by atoms with E-state index in [9.17, 15) is 0 Å². The predicted octanol–water partition coefficient (Wildman–Crippen LogP) is 5.04. The van der Waals surface area contributed by atoms with Gasteiger partial charge >= 0.3 is 0 Å². The van der Waals surface area contributed by atoms with E-state index >= 15 is 0 Å². The Bertz CT molecular complexity index is 1140. The van der Waals surface area contributed by atoms with Gasteiger partial charge in [-0.05, 0) is 76.3 Å². The number of hydrogen-bond acceptors (Lipinski definition) is 5. The maximum Gasteiger partial charge on any atom is 0.161 e. The van der Waals surface area contributed by atoms with Crippen molar-refractivity contribution in [2.45, 2.75) is 51.4 Å². The van der Waals surface area contributed by atoms with Crippen molar-refractivity contribution in [3.8, 4) is 17.2 Å². The topological polar surface area (TPSA) is 43.0 Å². The molecule has 31 heavy (non-hydrogen) atoms. The first-order chi connectivity index (χ1) is 15.0. The molecule has 164 valence electrons. The van der Waals surface area contributed by atoms with Crippen molar-refractivity contribution in [1.29, 1.82) is 0 Å². The highest BCUT2D eigenvalue weighted by Crippen LogP contribution is 2.47. The molecule has 5 rings (SSSR count). The van der Waals surface area contributed by atoms with Crippen molar-refractivity contribution in [3.63, 3.8) is 0 Å². The largest absolute Gasteiger partial charge is 0.497 e. The second-order valence-corrected chi connectivity index (χ2v) is 9.04. The predicted molar refractivity (Wildman–Crippen MR) is 126 cm³/mol. The molecule has 0 bridgehead atoms. The summed E-state index contributed by atoms with van der Waals surface area (Å²) < 4.78 is 16.9. The zero-order valence-corrected chi connectivity index (χ0v) is 19.1. The lowest BCUT2D eigenvalue weighted by Gasteiger charge is -2.41. The molecule has 0 radical (unpaired) electrons. The fraction of sp³-hybridized carbons (Fsp3) is 0.462. The van der Waals surface area contributed by atoms with E-state index in [-0.39, 0.29) is 0 Å². The first-order valence-electron chi connectivity index (χ1n) is 11.2. The number of nitrogens with zero attached hydrogens (tertiary/aromatic N) is 1. The number of methoxy groups -OCH3 is 3. The molecular weight excluding hydrogens is 388 g/mol. The van der Waals surface area contributed by atoms with E-state index in [0.717, 1.165) is 30.3 Å². The Hall–Kier alpha value is -2.50. The average Bonchev–Trinajstić information content (AvgIpc) is 3.26. The number of hydrogen-bond donors (Lipinski definition) is 1. The molecule has 2 aliphatic rings. The van der Waals surface area contributed by atoms with E-state index in [2.05, 4.69) is 54.4 Å². The summed E-state index contributed by atoms with van der Waals surface area (Å²) in [7, 11) is 5.13. The Kier molecular flexibility index (Phi) is 5.19. The van der Waals surface area contributed by atoms with Crippen LogP contribution in [0.4, 0.5) is 0 Å². The monoisotopic (exact) mass is 420 g/mol. The van der Waals surface area contributed by atoms with Gasteiger partial charge in [-0.1, -0.05) is 19.9 Å². The molecule has 0 aromatic heterocycles. The first kappa shape index (κ1) is 20.4. The maximum absolute atomic E-state index is 5.69. The number of ether oxygens (including phenoxy) is 3. The summed E-state index contributed by atoms with van der Waals surface area (Å²) >= 11 is 0. The lowest BCUT2D eigenvalue weighted by molar-refractivity contribution is 0.175. The quantitative estimate of drug-likeness (QED) is 0.586. The smallest absolute Gasteiger partial charge is 0.161 e. The molecule has 1 N–H and O–H groups in total. The molecule has 1 fully saturated rings. The van der Waals surface area contributed by atoms with Gasteiger partial charge in [0.05, 0.1) is 21.3 Å². The van der Waals surface area contributed by atoms with Crippen LogP contribution in [0, 0.1) is 0 Å². The Labute approximate surface area is 184 Å². The third kappa shape index (κ3) is 3.22. The van der Waals surface area contributed by atoms with Gasteiger partial charge in [0.15, 0.2) is 11.5 Å². The molecule has 3 aromatic rings. The summed E-state index contributed by atoms with van der Waals surface area (Å²) in [5.74, 6) is 2.40. The van der Waals surface area contributed by atoms with E-state index in [1.807, 2.05) is 0 Å². The second kappa shape index (κ2) is 7.88. The van der Waals surface area contributed by atoms with Crippen LogP contribution in [-0.2, 0) is 6.54 Å². The van der Waals surface area contributed by atoms with Gasteiger partial charge < -0.3 is 19.5 Å². The molecule has 2 heterocycles. The van der Waals surface area contributed by atoms with Gasteiger partial charge in [0.25, 0.3) is 0 Å². The minimum Gasteiger partial charge on any atom is -0.497 e. The van der Waals surface area contributed by atoms with Crippen molar-refractivity contribution >= 4 is 21.5 Å². The summed E-state index contributed by atoms with van der Waals surface area (Å²) in [6.45, 7) is 6.63. The highest BCUT2D eigenvalue weighted by Gasteiger charge is 2.40. The first-order valence-corrected chi connectivity index (χ1v) is 11.2. The lowest BCUT2D eigenvalue weighted by Crippen LogP contribution is -2.46. The van der Waals surface area contributed by atoms with Crippen molar-refractivity contribution in [2.24, 2.45) is 0 Å². The molecule has 5 heteroatoms. The highest BCUT2D eigenvalue weighted by atomic mass is 16.5. The van der Waals surface area contributed by atoms with Gasteiger partial charge in [0.2, 0.25) is 0 Å². The standard InChI is InChI=1S/C26H32N2O3/c1-15(2)27-26-22-7-6-10-28(22)14-21-20-13-24(31-5)23(30-4)12-19(20)18-11-16(29-3)8-9-17(18)25(21)26/h8-9,11-13,15,22,26-27H,6-7,10,14H2,1-5H3/t22-,26-/m0/s1. The van der Waals surface area contributed by atoms with Crippen LogP contribution < -0.4 is 19.5 Å².